The molecule has 0 aliphatic carbocycles. The topological polar surface area (TPSA) is 178 Å². The Morgan fingerprint density at radius 1 is 0.388 bits per heavy atom. The maximum Gasteiger partial charge on any atom is 0.514 e. The number of hydrogen-bond donors (Lipinski definition) is 0. The second-order valence-electron chi connectivity index (χ2n) is 25.0. The fourth-order valence-electron chi connectivity index (χ4n) is 9.59. The summed E-state index contributed by atoms with van der Waals surface area (Å²) in [5.74, 6) is -18.5. The molecule has 0 aliphatic heterocycles. The summed E-state index contributed by atoms with van der Waals surface area (Å²) in [7, 11) is -11.8. The minimum Gasteiger partial charge on any atom is -0.744 e. The molecule has 0 radical (unpaired) electrons. The van der Waals surface area contributed by atoms with Gasteiger partial charge in [-0.2, -0.15) is 17.6 Å². The molecule has 0 amide bonds. The van der Waals surface area contributed by atoms with Crippen molar-refractivity contribution < 1.29 is 89.5 Å². The van der Waals surface area contributed by atoms with Crippen molar-refractivity contribution >= 4 is 48.2 Å². The standard InChI is InChI=1S/C23H23O3S.C22H23OS.2C17H16F4O4S/c1-23(2,3)26-22(24)25-18-14-16-21(17-15-18)27(19-10-6-4-7-11-19)20-12-8-5-9-13-20;1-22(2,3)23-18-14-16-21(17-15-18)24(19-10-6-4-7-11-19)20-12-8-5-9-13-20;2*1-3-9(2)11-6-4-10(5-7-11)8-25-16-12(18)14(20)17(26(22,23)24)15(21)13(16)19/h4-17H,1-3H3;4-17H,1-3H3;2*4-7,9H,3,8H2,1-2H3,(H,22,23,24)/q2*+1;;/p-2. The second-order valence-corrected chi connectivity index (χ2v) is 31.7. The number of halogens is 8. The molecule has 10 aromatic carbocycles. The van der Waals surface area contributed by atoms with E-state index in [0.717, 1.165) is 34.6 Å². The molecule has 0 aliphatic rings. The Morgan fingerprint density at radius 2 is 0.660 bits per heavy atom. The minimum atomic E-state index is -5.74. The van der Waals surface area contributed by atoms with Crippen LogP contribution in [0.2, 0.25) is 0 Å². The SMILES string of the molecule is CC(C)(C)OC(=O)Oc1ccc([S+](c2ccccc2)c2ccccc2)cc1.CC(C)(C)Oc1ccc([S+](c2ccccc2)c2ccccc2)cc1.CCC(C)c1ccc(COc2c(F)c(F)c(S(=O)(=O)[O-])c(F)c2F)cc1.CCC(C)c1ccc(COc2c(F)c(F)c(S(=O)(=O)[O-])c(F)c2F)cc1. The summed E-state index contributed by atoms with van der Waals surface area (Å²) in [6, 6.07) is 72.0. The molecule has 0 fully saturated rings. The number of carbonyl (C=O) groups is 1. The van der Waals surface area contributed by atoms with E-state index in [1.165, 1.54) is 24.5 Å². The van der Waals surface area contributed by atoms with Gasteiger partial charge in [0.1, 0.15) is 65.9 Å². The lowest BCUT2D eigenvalue weighted by molar-refractivity contribution is 0.0206. The Balaban J connectivity index is 0.000000192. The first-order valence-corrected chi connectivity index (χ1v) is 37.4. The highest BCUT2D eigenvalue weighted by molar-refractivity contribution is 7.97. The Kier molecular flexibility index (Phi) is 28.6. The van der Waals surface area contributed by atoms with E-state index in [0.29, 0.717) is 28.7 Å². The normalized spacial score (nSPS) is 12.1. The zero-order chi connectivity index (χ0) is 75.6. The minimum absolute atomic E-state index is 0.102. The summed E-state index contributed by atoms with van der Waals surface area (Å²) >= 11 is 0. The van der Waals surface area contributed by atoms with Crippen LogP contribution in [-0.4, -0.2) is 43.3 Å². The van der Waals surface area contributed by atoms with Crippen LogP contribution in [0.15, 0.2) is 258 Å². The van der Waals surface area contributed by atoms with Gasteiger partial charge in [0.15, 0.2) is 64.1 Å². The number of rotatable bonds is 20. The zero-order valence-electron chi connectivity index (χ0n) is 57.8. The van der Waals surface area contributed by atoms with Crippen LogP contribution >= 0.6 is 0 Å². The molecule has 2 unspecified atom stereocenters. The van der Waals surface area contributed by atoms with Crippen molar-refractivity contribution in [2.45, 2.75) is 157 Å². The third-order valence-corrected chi connectivity index (χ3v) is 21.2. The Hall–Kier alpha value is -9.17. The predicted molar refractivity (Wildman–Crippen MR) is 378 cm³/mol. The fourth-order valence-corrected chi connectivity index (χ4v) is 15.0. The van der Waals surface area contributed by atoms with Gasteiger partial charge in [-0.3, -0.25) is 0 Å². The van der Waals surface area contributed by atoms with E-state index in [-0.39, 0.29) is 27.4 Å². The first-order valence-electron chi connectivity index (χ1n) is 32.2. The highest BCUT2D eigenvalue weighted by Crippen LogP contribution is 2.38. The molecule has 0 saturated heterocycles. The van der Waals surface area contributed by atoms with E-state index in [2.05, 4.69) is 154 Å². The number of benzene rings is 10. The van der Waals surface area contributed by atoms with Gasteiger partial charge >= 0.3 is 6.16 Å². The summed E-state index contributed by atoms with van der Waals surface area (Å²) < 4.78 is 201. The quantitative estimate of drug-likeness (QED) is 0.0176. The summed E-state index contributed by atoms with van der Waals surface area (Å²) in [6.45, 7) is 18.9. The molecule has 0 heterocycles. The van der Waals surface area contributed by atoms with Gasteiger partial charge in [-0.15, -0.1) is 0 Å². The smallest absolute Gasteiger partial charge is 0.514 e. The van der Waals surface area contributed by atoms with Crippen LogP contribution in [-0.2, 0) is 60.0 Å². The van der Waals surface area contributed by atoms with Crippen molar-refractivity contribution in [2.24, 2.45) is 0 Å². The van der Waals surface area contributed by atoms with Gasteiger partial charge < -0.3 is 32.8 Å². The van der Waals surface area contributed by atoms with Gasteiger partial charge in [-0.25, -0.2) is 39.2 Å². The average molecular weight is 1500 g/mol. The maximum absolute atomic E-state index is 13.8. The molecule has 544 valence electrons. The summed E-state index contributed by atoms with van der Waals surface area (Å²) in [5.41, 5.74) is 2.26. The van der Waals surface area contributed by atoms with E-state index >= 15 is 0 Å². The molecule has 0 bridgehead atoms. The van der Waals surface area contributed by atoms with Crippen molar-refractivity contribution in [1.29, 1.82) is 0 Å². The molecule has 0 N–H and O–H groups in total. The van der Waals surface area contributed by atoms with Crippen LogP contribution in [0, 0.1) is 46.5 Å². The highest BCUT2D eigenvalue weighted by atomic mass is 32.2. The van der Waals surface area contributed by atoms with Gasteiger partial charge in [0, 0.05) is 0 Å². The molecule has 24 heteroatoms. The van der Waals surface area contributed by atoms with Gasteiger partial charge in [-0.05, 0) is 186 Å². The maximum atomic E-state index is 13.8. The van der Waals surface area contributed by atoms with E-state index in [1.807, 2.05) is 84.9 Å². The third-order valence-electron chi connectivity index (χ3n) is 15.0. The predicted octanol–water partition coefficient (Wildman–Crippen LogP) is 20.5. The second kappa shape index (κ2) is 36.3. The molecule has 0 saturated carbocycles. The third kappa shape index (κ3) is 22.9. The first kappa shape index (κ1) is 81.1. The lowest BCUT2D eigenvalue weighted by Gasteiger charge is -2.21. The Labute approximate surface area is 601 Å². The van der Waals surface area contributed by atoms with Crippen LogP contribution in [0.5, 0.6) is 23.0 Å². The molecule has 103 heavy (non-hydrogen) atoms. The lowest BCUT2D eigenvalue weighted by atomic mass is 9.98. The van der Waals surface area contributed by atoms with E-state index in [1.54, 1.807) is 48.5 Å². The molecule has 12 nitrogen and oxygen atoms in total. The van der Waals surface area contributed by atoms with Crippen molar-refractivity contribution in [3.63, 3.8) is 0 Å². The lowest BCUT2D eigenvalue weighted by Crippen LogP contribution is -2.25. The largest absolute Gasteiger partial charge is 0.744 e. The van der Waals surface area contributed by atoms with Crippen LogP contribution < -0.4 is 18.9 Å². The molecule has 0 aromatic heterocycles. The van der Waals surface area contributed by atoms with Crippen molar-refractivity contribution in [3.05, 3.63) is 287 Å². The van der Waals surface area contributed by atoms with Crippen LogP contribution in [0.4, 0.5) is 39.9 Å². The van der Waals surface area contributed by atoms with E-state index in [4.69, 9.17) is 23.7 Å². The van der Waals surface area contributed by atoms with Crippen molar-refractivity contribution in [2.75, 3.05) is 0 Å². The summed E-state index contributed by atoms with van der Waals surface area (Å²) in [5, 5.41) is 0. The molecule has 10 aromatic rings. The van der Waals surface area contributed by atoms with Crippen molar-refractivity contribution in [1.82, 2.24) is 0 Å². The summed E-state index contributed by atoms with van der Waals surface area (Å²) in [6.07, 6.45) is 1.14. The zero-order valence-corrected chi connectivity index (χ0v) is 61.1. The summed E-state index contributed by atoms with van der Waals surface area (Å²) in [4.78, 5) is 15.0. The van der Waals surface area contributed by atoms with Gasteiger partial charge in [-0.1, -0.05) is 149 Å². The Bertz CT molecular complexity index is 4360. The highest BCUT2D eigenvalue weighted by Gasteiger charge is 2.34. The first-order chi connectivity index (χ1) is 48.6. The Morgan fingerprint density at radius 3 is 0.913 bits per heavy atom. The van der Waals surface area contributed by atoms with Crippen molar-refractivity contribution in [3.8, 4) is 23.0 Å². The van der Waals surface area contributed by atoms with Crippen LogP contribution in [0.3, 0.4) is 0 Å². The molecule has 2 atom stereocenters. The van der Waals surface area contributed by atoms with Crippen LogP contribution in [0.25, 0.3) is 0 Å². The number of ether oxygens (including phenoxy) is 5. The van der Waals surface area contributed by atoms with Crippen LogP contribution in [0.1, 0.15) is 116 Å². The number of carbonyl (C=O) groups excluding carboxylic acids is 1. The van der Waals surface area contributed by atoms with Gasteiger partial charge in [0.05, 0.1) is 21.8 Å². The van der Waals surface area contributed by atoms with Gasteiger partial charge in [0.25, 0.3) is 0 Å². The molecular formula is C79H76F8O12S4. The molecular weight excluding hydrogens is 1420 g/mol. The van der Waals surface area contributed by atoms with E-state index < -0.39 is 113 Å². The molecule has 0 spiro atoms. The number of hydrogen-bond acceptors (Lipinski definition) is 12. The van der Waals surface area contributed by atoms with Gasteiger partial charge in [0.2, 0.25) is 23.3 Å². The monoisotopic (exact) mass is 1500 g/mol. The molecule has 10 rings (SSSR count). The van der Waals surface area contributed by atoms with E-state index in [9.17, 15) is 65.9 Å². The fraction of sp³-hybridized carbons (Fsp3) is 0.228. The average Bonchev–Trinajstić information content (AvgIpc) is 0.848.